The van der Waals surface area contributed by atoms with E-state index in [9.17, 15) is 9.59 Å². The lowest BCUT2D eigenvalue weighted by molar-refractivity contribution is -0.136. The summed E-state index contributed by atoms with van der Waals surface area (Å²) in [7, 11) is 1.60. The predicted molar refractivity (Wildman–Crippen MR) is 137 cm³/mol. The van der Waals surface area contributed by atoms with Crippen molar-refractivity contribution in [1.82, 2.24) is 20.1 Å². The average Bonchev–Trinajstić information content (AvgIpc) is 3.31. The van der Waals surface area contributed by atoms with Crippen LogP contribution in [-0.4, -0.2) is 71.7 Å². The van der Waals surface area contributed by atoms with Crippen molar-refractivity contribution in [2.45, 2.75) is 13.3 Å². The topological polar surface area (TPSA) is 104 Å². The molecule has 5 rings (SSSR count). The summed E-state index contributed by atoms with van der Waals surface area (Å²) in [6, 6.07) is 15.0. The maximum atomic E-state index is 13.2. The van der Waals surface area contributed by atoms with Crippen LogP contribution in [0.15, 0.2) is 54.7 Å². The highest BCUT2D eigenvalue weighted by molar-refractivity contribution is 6.00. The van der Waals surface area contributed by atoms with Gasteiger partial charge in [0.1, 0.15) is 11.6 Å². The zero-order valence-corrected chi connectivity index (χ0v) is 20.4. The smallest absolute Gasteiger partial charge is 0.228 e. The zero-order valence-electron chi connectivity index (χ0n) is 20.4. The summed E-state index contributed by atoms with van der Waals surface area (Å²) in [4.78, 5) is 35.8. The number of hydrogen-bond acceptors (Lipinski definition) is 8. The predicted octanol–water partition coefficient (Wildman–Crippen LogP) is 2.63. The van der Waals surface area contributed by atoms with Gasteiger partial charge in [-0.05, 0) is 55.0 Å². The Labute approximate surface area is 209 Å². The van der Waals surface area contributed by atoms with Crippen molar-refractivity contribution < 1.29 is 14.3 Å². The third kappa shape index (κ3) is 5.07. The fraction of sp³-hybridized carbons (Fsp3) is 0.346. The van der Waals surface area contributed by atoms with Gasteiger partial charge in [-0.1, -0.05) is 6.07 Å². The molecule has 0 radical (unpaired) electrons. The van der Waals surface area contributed by atoms with Crippen molar-refractivity contribution >= 4 is 35.0 Å². The summed E-state index contributed by atoms with van der Waals surface area (Å²) < 4.78 is 5.19. The van der Waals surface area contributed by atoms with Crippen molar-refractivity contribution in [2.24, 2.45) is 5.92 Å². The molecule has 10 nitrogen and oxygen atoms in total. The van der Waals surface area contributed by atoms with Crippen LogP contribution in [0, 0.1) is 12.8 Å². The van der Waals surface area contributed by atoms with E-state index in [0.717, 1.165) is 22.8 Å². The molecule has 4 heterocycles. The molecule has 186 valence electrons. The Kier molecular flexibility index (Phi) is 6.66. The molecule has 1 N–H and O–H groups in total. The van der Waals surface area contributed by atoms with Gasteiger partial charge in [-0.2, -0.15) is 0 Å². The first-order valence-corrected chi connectivity index (χ1v) is 12.0. The maximum absolute atomic E-state index is 13.2. The quantitative estimate of drug-likeness (QED) is 0.566. The lowest BCUT2D eigenvalue weighted by atomic mass is 10.1. The van der Waals surface area contributed by atoms with Gasteiger partial charge < -0.3 is 24.8 Å². The number of benzene rings is 1. The second-order valence-electron chi connectivity index (χ2n) is 9.04. The number of ether oxygens (including phenoxy) is 1. The van der Waals surface area contributed by atoms with E-state index in [4.69, 9.17) is 4.74 Å². The van der Waals surface area contributed by atoms with Crippen LogP contribution in [0.1, 0.15) is 12.0 Å². The van der Waals surface area contributed by atoms with Crippen LogP contribution in [0.3, 0.4) is 0 Å². The van der Waals surface area contributed by atoms with Gasteiger partial charge in [-0.3, -0.25) is 9.59 Å². The molecule has 1 aromatic carbocycles. The molecule has 0 spiro atoms. The number of carbonyl (C=O) groups excluding carboxylic acids is 2. The van der Waals surface area contributed by atoms with Crippen LogP contribution in [-0.2, 0) is 9.59 Å². The molecule has 0 aliphatic carbocycles. The van der Waals surface area contributed by atoms with Crippen molar-refractivity contribution in [3.05, 3.63) is 60.3 Å². The standard InChI is InChI=1S/C26H29N7O3/c1-18-3-8-22(27-16-18)28-23-9-10-24(30-29-23)31-11-13-32(14-12-31)26(35)19-15-25(34)33(17-19)20-4-6-21(36-2)7-5-20/h3-10,16,19H,11-15,17H2,1-2H3,(H,27,28,29). The SMILES string of the molecule is COc1ccc(N2CC(C(=O)N3CCN(c4ccc(Nc5ccc(C)cn5)nn4)CC3)CC2=O)cc1. The highest BCUT2D eigenvalue weighted by atomic mass is 16.5. The molecule has 36 heavy (non-hydrogen) atoms. The maximum Gasteiger partial charge on any atom is 0.228 e. The highest BCUT2D eigenvalue weighted by Crippen LogP contribution is 2.28. The number of methoxy groups -OCH3 is 1. The molecule has 10 heteroatoms. The minimum Gasteiger partial charge on any atom is -0.497 e. The third-order valence-corrected chi connectivity index (χ3v) is 6.59. The Morgan fingerprint density at radius 2 is 1.72 bits per heavy atom. The number of aryl methyl sites for hydroxylation is 1. The number of amides is 2. The number of nitrogens with one attached hydrogen (secondary N) is 1. The Morgan fingerprint density at radius 3 is 2.36 bits per heavy atom. The second kappa shape index (κ2) is 10.2. The molecule has 1 unspecified atom stereocenters. The Balaban J connectivity index is 1.14. The Morgan fingerprint density at radius 1 is 0.972 bits per heavy atom. The van der Waals surface area contributed by atoms with Crippen LogP contribution in [0.2, 0.25) is 0 Å². The lowest BCUT2D eigenvalue weighted by Crippen LogP contribution is -2.51. The summed E-state index contributed by atoms with van der Waals surface area (Å²) in [5.74, 6) is 2.52. The van der Waals surface area contributed by atoms with Crippen molar-refractivity contribution in [1.29, 1.82) is 0 Å². The van der Waals surface area contributed by atoms with Crippen LogP contribution in [0.5, 0.6) is 5.75 Å². The molecule has 2 aromatic heterocycles. The normalized spacial score (nSPS) is 17.9. The zero-order chi connectivity index (χ0) is 25.1. The summed E-state index contributed by atoms with van der Waals surface area (Å²) >= 11 is 0. The number of piperazine rings is 1. The Hall–Kier alpha value is -4.21. The van der Waals surface area contributed by atoms with Gasteiger partial charge in [0.2, 0.25) is 11.8 Å². The van der Waals surface area contributed by atoms with Gasteiger partial charge in [0.05, 0.1) is 13.0 Å². The van der Waals surface area contributed by atoms with Crippen molar-refractivity contribution in [2.75, 3.05) is 55.0 Å². The molecular formula is C26H29N7O3. The van der Waals surface area contributed by atoms with Crippen LogP contribution >= 0.6 is 0 Å². The van der Waals surface area contributed by atoms with Crippen molar-refractivity contribution in [3.63, 3.8) is 0 Å². The van der Waals surface area contributed by atoms with E-state index >= 15 is 0 Å². The van der Waals surface area contributed by atoms with E-state index < -0.39 is 0 Å². The fourth-order valence-electron chi connectivity index (χ4n) is 4.53. The van der Waals surface area contributed by atoms with Crippen LogP contribution in [0.25, 0.3) is 0 Å². The summed E-state index contributed by atoms with van der Waals surface area (Å²) in [6.07, 6.45) is 2.03. The minimum atomic E-state index is -0.327. The third-order valence-electron chi connectivity index (χ3n) is 6.59. The van der Waals surface area contributed by atoms with Gasteiger partial charge >= 0.3 is 0 Å². The van der Waals surface area contributed by atoms with E-state index in [1.165, 1.54) is 0 Å². The summed E-state index contributed by atoms with van der Waals surface area (Å²) in [5.41, 5.74) is 1.88. The number of aromatic nitrogens is 3. The van der Waals surface area contributed by atoms with Gasteiger partial charge in [-0.25, -0.2) is 4.98 Å². The monoisotopic (exact) mass is 487 g/mol. The molecule has 3 aromatic rings. The lowest BCUT2D eigenvalue weighted by Gasteiger charge is -2.36. The molecule has 2 aliphatic rings. The molecule has 2 fully saturated rings. The molecule has 0 saturated carbocycles. The molecule has 0 bridgehead atoms. The molecule has 2 aliphatic heterocycles. The van der Waals surface area contributed by atoms with E-state index in [0.29, 0.717) is 44.4 Å². The fourth-order valence-corrected chi connectivity index (χ4v) is 4.53. The summed E-state index contributed by atoms with van der Waals surface area (Å²) in [5, 5.41) is 11.8. The Bertz CT molecular complexity index is 1210. The summed E-state index contributed by atoms with van der Waals surface area (Å²) in [6.45, 7) is 4.89. The van der Waals surface area contributed by atoms with Gasteiger partial charge in [0.25, 0.3) is 0 Å². The first kappa shape index (κ1) is 23.5. The van der Waals surface area contributed by atoms with E-state index in [1.54, 1.807) is 18.2 Å². The number of carbonyl (C=O) groups is 2. The molecule has 2 saturated heterocycles. The van der Waals surface area contributed by atoms with E-state index in [2.05, 4.69) is 25.4 Å². The van der Waals surface area contributed by atoms with Gasteiger partial charge in [-0.15, -0.1) is 10.2 Å². The molecule has 2 amide bonds. The minimum absolute atomic E-state index is 0.0260. The number of anilines is 4. The van der Waals surface area contributed by atoms with Gasteiger partial charge in [0.15, 0.2) is 11.6 Å². The first-order chi connectivity index (χ1) is 17.5. The van der Waals surface area contributed by atoms with Gasteiger partial charge in [0, 0.05) is 51.0 Å². The average molecular weight is 488 g/mol. The van der Waals surface area contributed by atoms with E-state index in [1.807, 2.05) is 60.4 Å². The second-order valence-corrected chi connectivity index (χ2v) is 9.04. The first-order valence-electron chi connectivity index (χ1n) is 12.0. The number of hydrogen-bond donors (Lipinski definition) is 1. The number of nitrogens with zero attached hydrogens (tertiary/aromatic N) is 6. The largest absolute Gasteiger partial charge is 0.497 e. The number of pyridine rings is 1. The number of rotatable bonds is 6. The highest BCUT2D eigenvalue weighted by Gasteiger charge is 2.38. The van der Waals surface area contributed by atoms with Crippen molar-refractivity contribution in [3.8, 4) is 5.75 Å². The van der Waals surface area contributed by atoms with E-state index in [-0.39, 0.29) is 24.2 Å². The van der Waals surface area contributed by atoms with Crippen LogP contribution < -0.4 is 19.9 Å². The molecular weight excluding hydrogens is 458 g/mol. The van der Waals surface area contributed by atoms with Crippen LogP contribution in [0.4, 0.5) is 23.1 Å². The molecule has 1 atom stereocenters.